The van der Waals surface area contributed by atoms with E-state index in [1.54, 1.807) is 12.1 Å². The van der Waals surface area contributed by atoms with Crippen LogP contribution in [0.5, 0.6) is 0 Å². The first-order valence-electron chi connectivity index (χ1n) is 3.97. The summed E-state index contributed by atoms with van der Waals surface area (Å²) in [5.74, 6) is 5.13. The van der Waals surface area contributed by atoms with Crippen LogP contribution in [-0.4, -0.2) is 14.7 Å². The smallest absolute Gasteiger partial charge is 0.175 e. The standard InChI is InChI=1S/C8H13N3O2S/c1-14(12,13)7-4-2-6(3-5-7)8(9)11-10/h2-5,8,11H,9-10H2,1H3. The molecule has 0 aliphatic carbocycles. The van der Waals surface area contributed by atoms with Gasteiger partial charge in [-0.2, -0.15) is 0 Å². The highest BCUT2D eigenvalue weighted by molar-refractivity contribution is 7.90. The van der Waals surface area contributed by atoms with Gasteiger partial charge in [-0.1, -0.05) is 12.1 Å². The Hall–Kier alpha value is -0.950. The number of hydrogen-bond acceptors (Lipinski definition) is 5. The van der Waals surface area contributed by atoms with Crippen molar-refractivity contribution in [2.75, 3.05) is 6.26 Å². The lowest BCUT2D eigenvalue weighted by Crippen LogP contribution is -2.34. The lowest BCUT2D eigenvalue weighted by Gasteiger charge is -2.10. The van der Waals surface area contributed by atoms with E-state index in [1.165, 1.54) is 12.1 Å². The van der Waals surface area contributed by atoms with E-state index in [0.29, 0.717) is 0 Å². The molecule has 5 nitrogen and oxygen atoms in total. The minimum absolute atomic E-state index is 0.269. The van der Waals surface area contributed by atoms with Crippen LogP contribution in [0.25, 0.3) is 0 Å². The normalized spacial score (nSPS) is 13.9. The summed E-state index contributed by atoms with van der Waals surface area (Å²) in [5, 5.41) is 0. The Labute approximate surface area is 83.0 Å². The maximum absolute atomic E-state index is 11.1. The third kappa shape index (κ3) is 2.52. The van der Waals surface area contributed by atoms with Gasteiger partial charge in [-0.25, -0.2) is 13.8 Å². The van der Waals surface area contributed by atoms with Crippen molar-refractivity contribution < 1.29 is 8.42 Å². The molecular formula is C8H13N3O2S. The van der Waals surface area contributed by atoms with Crippen LogP contribution in [0, 0.1) is 0 Å². The number of nitrogens with two attached hydrogens (primary N) is 2. The largest absolute Gasteiger partial charge is 0.311 e. The Bertz CT molecular complexity index is 399. The molecule has 0 amide bonds. The van der Waals surface area contributed by atoms with Crippen LogP contribution in [0.4, 0.5) is 0 Å². The first-order chi connectivity index (χ1) is 6.45. The molecule has 1 atom stereocenters. The highest BCUT2D eigenvalue weighted by atomic mass is 32.2. The number of hydrogen-bond donors (Lipinski definition) is 3. The molecule has 1 aromatic carbocycles. The molecule has 0 fully saturated rings. The molecule has 0 bridgehead atoms. The summed E-state index contributed by atoms with van der Waals surface area (Å²) in [6.45, 7) is 0. The maximum atomic E-state index is 11.1. The van der Waals surface area contributed by atoms with Gasteiger partial charge in [0.15, 0.2) is 9.84 Å². The van der Waals surface area contributed by atoms with E-state index in [9.17, 15) is 8.42 Å². The first kappa shape index (κ1) is 11.1. The number of hydrazine groups is 1. The maximum Gasteiger partial charge on any atom is 0.175 e. The summed E-state index contributed by atoms with van der Waals surface area (Å²) in [7, 11) is -3.14. The second-order valence-electron chi connectivity index (χ2n) is 2.99. The fourth-order valence-corrected chi connectivity index (χ4v) is 1.65. The third-order valence-corrected chi connectivity index (χ3v) is 2.98. The van der Waals surface area contributed by atoms with Crippen LogP contribution in [-0.2, 0) is 9.84 Å². The Morgan fingerprint density at radius 2 is 1.79 bits per heavy atom. The number of nitrogens with one attached hydrogen (secondary N) is 1. The lowest BCUT2D eigenvalue weighted by molar-refractivity contribution is 0.576. The van der Waals surface area contributed by atoms with Gasteiger partial charge in [-0.15, -0.1) is 0 Å². The molecule has 1 unspecified atom stereocenters. The quantitative estimate of drug-likeness (QED) is 0.359. The number of benzene rings is 1. The van der Waals surface area contributed by atoms with Gasteiger partial charge < -0.3 is 5.73 Å². The summed E-state index contributed by atoms with van der Waals surface area (Å²) in [6.07, 6.45) is 0.673. The summed E-state index contributed by atoms with van der Waals surface area (Å²) in [4.78, 5) is 0.269. The average Bonchev–Trinajstić information content (AvgIpc) is 2.15. The third-order valence-electron chi connectivity index (χ3n) is 1.85. The van der Waals surface area contributed by atoms with Crippen molar-refractivity contribution in [3.63, 3.8) is 0 Å². The van der Waals surface area contributed by atoms with Gasteiger partial charge in [-0.3, -0.25) is 5.84 Å². The summed E-state index contributed by atoms with van der Waals surface area (Å²) >= 11 is 0. The van der Waals surface area contributed by atoms with Gasteiger partial charge in [0.2, 0.25) is 0 Å². The second kappa shape index (κ2) is 4.05. The second-order valence-corrected chi connectivity index (χ2v) is 5.00. The van der Waals surface area contributed by atoms with Crippen molar-refractivity contribution in [2.45, 2.75) is 11.1 Å². The van der Waals surface area contributed by atoms with Crippen LogP contribution in [0.3, 0.4) is 0 Å². The Morgan fingerprint density at radius 1 is 1.29 bits per heavy atom. The molecule has 0 saturated carbocycles. The molecule has 0 spiro atoms. The van der Waals surface area contributed by atoms with E-state index in [2.05, 4.69) is 5.43 Å². The van der Waals surface area contributed by atoms with E-state index in [4.69, 9.17) is 11.6 Å². The van der Waals surface area contributed by atoms with Crippen molar-refractivity contribution in [2.24, 2.45) is 11.6 Å². The van der Waals surface area contributed by atoms with Crippen molar-refractivity contribution >= 4 is 9.84 Å². The van der Waals surface area contributed by atoms with Crippen LogP contribution in [0.15, 0.2) is 29.2 Å². The highest BCUT2D eigenvalue weighted by Crippen LogP contribution is 2.12. The molecule has 0 aliphatic heterocycles. The topological polar surface area (TPSA) is 98.2 Å². The molecule has 78 valence electrons. The minimum Gasteiger partial charge on any atom is -0.311 e. The van der Waals surface area contributed by atoms with Gasteiger partial charge in [0, 0.05) is 6.26 Å². The van der Waals surface area contributed by atoms with Crippen molar-refractivity contribution in [3.05, 3.63) is 29.8 Å². The zero-order chi connectivity index (χ0) is 10.8. The predicted octanol–water partition coefficient (Wildman–Crippen LogP) is -0.489. The minimum atomic E-state index is -3.14. The number of rotatable bonds is 3. The zero-order valence-corrected chi connectivity index (χ0v) is 8.58. The average molecular weight is 215 g/mol. The zero-order valence-electron chi connectivity index (χ0n) is 7.77. The molecule has 0 aromatic heterocycles. The van der Waals surface area contributed by atoms with E-state index in [-0.39, 0.29) is 4.90 Å². The Kier molecular flexibility index (Phi) is 3.22. The Morgan fingerprint density at radius 3 is 2.14 bits per heavy atom. The van der Waals surface area contributed by atoms with Gasteiger partial charge in [-0.05, 0) is 17.7 Å². The highest BCUT2D eigenvalue weighted by Gasteiger charge is 2.08. The molecule has 0 aliphatic rings. The summed E-state index contributed by atoms with van der Waals surface area (Å²) in [5.41, 5.74) is 8.67. The fraction of sp³-hybridized carbons (Fsp3) is 0.250. The first-order valence-corrected chi connectivity index (χ1v) is 5.86. The molecule has 0 radical (unpaired) electrons. The lowest BCUT2D eigenvalue weighted by atomic mass is 10.2. The SMILES string of the molecule is CS(=O)(=O)c1ccc(C(N)NN)cc1. The molecule has 6 heteroatoms. The van der Waals surface area contributed by atoms with E-state index >= 15 is 0 Å². The Balaban J connectivity index is 3.01. The molecular weight excluding hydrogens is 202 g/mol. The predicted molar refractivity (Wildman–Crippen MR) is 53.8 cm³/mol. The summed E-state index contributed by atoms with van der Waals surface area (Å²) in [6, 6.07) is 6.26. The monoisotopic (exact) mass is 215 g/mol. The van der Waals surface area contributed by atoms with Crippen molar-refractivity contribution in [1.82, 2.24) is 5.43 Å². The van der Waals surface area contributed by atoms with Gasteiger partial charge in [0.25, 0.3) is 0 Å². The molecule has 0 heterocycles. The van der Waals surface area contributed by atoms with Crippen molar-refractivity contribution in [1.29, 1.82) is 0 Å². The van der Waals surface area contributed by atoms with Gasteiger partial charge in [0.1, 0.15) is 0 Å². The molecule has 14 heavy (non-hydrogen) atoms. The van der Waals surface area contributed by atoms with E-state index in [0.717, 1.165) is 11.8 Å². The van der Waals surface area contributed by atoms with Crippen molar-refractivity contribution in [3.8, 4) is 0 Å². The van der Waals surface area contributed by atoms with E-state index < -0.39 is 16.0 Å². The van der Waals surface area contributed by atoms with Crippen LogP contribution >= 0.6 is 0 Å². The summed E-state index contributed by atoms with van der Waals surface area (Å²) < 4.78 is 22.2. The molecule has 1 aromatic rings. The van der Waals surface area contributed by atoms with Crippen LogP contribution in [0.1, 0.15) is 11.7 Å². The van der Waals surface area contributed by atoms with Gasteiger partial charge >= 0.3 is 0 Å². The van der Waals surface area contributed by atoms with Crippen LogP contribution < -0.4 is 17.0 Å². The molecule has 5 N–H and O–H groups in total. The van der Waals surface area contributed by atoms with Crippen LogP contribution in [0.2, 0.25) is 0 Å². The van der Waals surface area contributed by atoms with Gasteiger partial charge in [0.05, 0.1) is 11.1 Å². The molecule has 1 rings (SSSR count). The van der Waals surface area contributed by atoms with E-state index in [1.807, 2.05) is 0 Å². The fourth-order valence-electron chi connectivity index (χ4n) is 1.02. The number of sulfone groups is 1. The molecule has 0 saturated heterocycles.